The van der Waals surface area contributed by atoms with Crippen LogP contribution in [0.1, 0.15) is 17.2 Å². The van der Waals surface area contributed by atoms with Gasteiger partial charge < -0.3 is 5.73 Å². The fraction of sp³-hybridized carbons (Fsp3) is 0.133. The first-order chi connectivity index (χ1) is 9.25. The van der Waals surface area contributed by atoms with Gasteiger partial charge in [0, 0.05) is 23.1 Å². The molecule has 19 heavy (non-hydrogen) atoms. The second kappa shape index (κ2) is 5.29. The predicted molar refractivity (Wildman–Crippen MR) is 81.7 cm³/mol. The number of hydrogen-bond acceptors (Lipinski definition) is 3. The summed E-state index contributed by atoms with van der Waals surface area (Å²) in [6, 6.07) is 10.2. The molecule has 96 valence electrons. The van der Waals surface area contributed by atoms with E-state index in [0.29, 0.717) is 5.02 Å². The van der Waals surface area contributed by atoms with Crippen LogP contribution >= 0.6 is 22.9 Å². The topological polar surface area (TPSA) is 38.9 Å². The molecule has 0 aliphatic heterocycles. The van der Waals surface area contributed by atoms with E-state index in [4.69, 9.17) is 17.3 Å². The molecule has 0 spiro atoms. The zero-order chi connectivity index (χ0) is 13.2. The smallest absolute Gasteiger partial charge is 0.0637 e. The maximum Gasteiger partial charge on any atom is 0.0637 e. The van der Waals surface area contributed by atoms with Crippen molar-refractivity contribution in [2.45, 2.75) is 12.5 Å². The largest absolute Gasteiger partial charge is 0.324 e. The lowest BCUT2D eigenvalue weighted by Crippen LogP contribution is -2.13. The van der Waals surface area contributed by atoms with Gasteiger partial charge in [-0.3, -0.25) is 4.98 Å². The predicted octanol–water partition coefficient (Wildman–Crippen LogP) is 4.19. The minimum Gasteiger partial charge on any atom is -0.324 e. The van der Waals surface area contributed by atoms with Crippen LogP contribution in [0.4, 0.5) is 0 Å². The van der Waals surface area contributed by atoms with Gasteiger partial charge in [0.1, 0.15) is 0 Å². The van der Waals surface area contributed by atoms with E-state index < -0.39 is 0 Å². The van der Waals surface area contributed by atoms with Crippen molar-refractivity contribution in [3.63, 3.8) is 0 Å². The summed E-state index contributed by atoms with van der Waals surface area (Å²) in [6.45, 7) is 0. The number of hydrogen-bond donors (Lipinski definition) is 1. The van der Waals surface area contributed by atoms with Crippen LogP contribution in [0.3, 0.4) is 0 Å². The fourth-order valence-corrected chi connectivity index (χ4v) is 3.46. The van der Waals surface area contributed by atoms with Gasteiger partial charge in [0.15, 0.2) is 0 Å². The van der Waals surface area contributed by atoms with Crippen molar-refractivity contribution in [1.29, 1.82) is 0 Å². The average Bonchev–Trinajstić information content (AvgIpc) is 2.83. The Morgan fingerprint density at radius 3 is 2.95 bits per heavy atom. The molecule has 0 amide bonds. The molecule has 2 N–H and O–H groups in total. The number of pyridine rings is 1. The lowest BCUT2D eigenvalue weighted by atomic mass is 10.0. The summed E-state index contributed by atoms with van der Waals surface area (Å²) in [4.78, 5) is 3.99. The fourth-order valence-electron chi connectivity index (χ4n) is 2.22. The molecular formula is C15H13ClN2S. The first kappa shape index (κ1) is 12.6. The Labute approximate surface area is 120 Å². The van der Waals surface area contributed by atoms with Gasteiger partial charge in [-0.05, 0) is 40.4 Å². The molecule has 1 atom stereocenters. The molecule has 0 radical (unpaired) electrons. The lowest BCUT2D eigenvalue weighted by Gasteiger charge is -2.12. The summed E-state index contributed by atoms with van der Waals surface area (Å²) >= 11 is 7.89. The first-order valence-electron chi connectivity index (χ1n) is 6.06. The molecular weight excluding hydrogens is 276 g/mol. The van der Waals surface area contributed by atoms with Gasteiger partial charge in [-0.15, -0.1) is 11.3 Å². The van der Waals surface area contributed by atoms with Crippen LogP contribution < -0.4 is 5.73 Å². The minimum atomic E-state index is -0.103. The number of halogens is 1. The summed E-state index contributed by atoms with van der Waals surface area (Å²) in [5.74, 6) is 0. The second-order valence-electron chi connectivity index (χ2n) is 4.46. The SMILES string of the molecule is NC(Cc1csc2ccccc12)c1ccncc1Cl. The Morgan fingerprint density at radius 1 is 1.26 bits per heavy atom. The van der Waals surface area contributed by atoms with Gasteiger partial charge in [-0.1, -0.05) is 29.8 Å². The third kappa shape index (κ3) is 2.50. The normalized spacial score (nSPS) is 12.7. The third-order valence-corrected chi connectivity index (χ3v) is 4.53. The second-order valence-corrected chi connectivity index (χ2v) is 5.78. The van der Waals surface area contributed by atoms with Crippen LogP contribution in [-0.4, -0.2) is 4.98 Å². The molecule has 0 fully saturated rings. The summed E-state index contributed by atoms with van der Waals surface area (Å²) in [5.41, 5.74) is 8.50. The van der Waals surface area contributed by atoms with E-state index in [9.17, 15) is 0 Å². The maximum atomic E-state index is 6.27. The van der Waals surface area contributed by atoms with Gasteiger partial charge in [-0.2, -0.15) is 0 Å². The van der Waals surface area contributed by atoms with E-state index in [0.717, 1.165) is 12.0 Å². The van der Waals surface area contributed by atoms with Crippen LogP contribution in [0, 0.1) is 0 Å². The van der Waals surface area contributed by atoms with Crippen molar-refractivity contribution in [2.24, 2.45) is 5.73 Å². The highest BCUT2D eigenvalue weighted by molar-refractivity contribution is 7.17. The standard InChI is InChI=1S/C15H13ClN2S/c16-13-8-18-6-5-12(13)14(17)7-10-9-19-15-4-2-1-3-11(10)15/h1-6,8-9,14H,7,17H2. The van der Waals surface area contributed by atoms with Crippen molar-refractivity contribution in [2.75, 3.05) is 0 Å². The minimum absolute atomic E-state index is 0.103. The van der Waals surface area contributed by atoms with Gasteiger partial charge >= 0.3 is 0 Å². The molecule has 0 aliphatic rings. The van der Waals surface area contributed by atoms with Gasteiger partial charge in [0.2, 0.25) is 0 Å². The number of nitrogens with two attached hydrogens (primary N) is 1. The number of fused-ring (bicyclic) bond motifs is 1. The highest BCUT2D eigenvalue weighted by atomic mass is 35.5. The number of nitrogens with zero attached hydrogens (tertiary/aromatic N) is 1. The molecule has 2 aromatic heterocycles. The van der Waals surface area contributed by atoms with Crippen LogP contribution in [0.15, 0.2) is 48.1 Å². The molecule has 2 heterocycles. The zero-order valence-corrected chi connectivity index (χ0v) is 11.8. The Bertz CT molecular complexity index is 708. The summed E-state index contributed by atoms with van der Waals surface area (Å²) in [5, 5.41) is 4.10. The van der Waals surface area contributed by atoms with Gasteiger partial charge in [0.05, 0.1) is 5.02 Å². The molecule has 0 saturated heterocycles. The molecule has 0 saturated carbocycles. The Morgan fingerprint density at radius 2 is 2.11 bits per heavy atom. The Kier molecular flexibility index (Phi) is 3.51. The highest BCUT2D eigenvalue weighted by Crippen LogP contribution is 2.30. The number of thiophene rings is 1. The monoisotopic (exact) mass is 288 g/mol. The van der Waals surface area contributed by atoms with E-state index in [1.165, 1.54) is 15.6 Å². The van der Waals surface area contributed by atoms with E-state index in [2.05, 4.69) is 34.6 Å². The Balaban J connectivity index is 1.91. The van der Waals surface area contributed by atoms with Crippen LogP contribution in [0.25, 0.3) is 10.1 Å². The number of benzene rings is 1. The van der Waals surface area contributed by atoms with E-state index >= 15 is 0 Å². The van der Waals surface area contributed by atoms with Crippen LogP contribution in [0.5, 0.6) is 0 Å². The molecule has 3 rings (SSSR count). The van der Waals surface area contributed by atoms with Crippen molar-refractivity contribution in [3.05, 3.63) is 64.3 Å². The van der Waals surface area contributed by atoms with Crippen molar-refractivity contribution < 1.29 is 0 Å². The summed E-state index contributed by atoms with van der Waals surface area (Å²) in [6.07, 6.45) is 4.16. The van der Waals surface area contributed by atoms with Crippen molar-refractivity contribution in [1.82, 2.24) is 4.98 Å². The Hall–Kier alpha value is -1.42. The summed E-state index contributed by atoms with van der Waals surface area (Å²) < 4.78 is 1.30. The lowest BCUT2D eigenvalue weighted by molar-refractivity contribution is 0.725. The van der Waals surface area contributed by atoms with Crippen molar-refractivity contribution >= 4 is 33.0 Å². The molecule has 0 bridgehead atoms. The molecule has 3 aromatic rings. The van der Waals surface area contributed by atoms with E-state index in [1.54, 1.807) is 23.7 Å². The average molecular weight is 289 g/mol. The van der Waals surface area contributed by atoms with E-state index in [-0.39, 0.29) is 6.04 Å². The van der Waals surface area contributed by atoms with Gasteiger partial charge in [0.25, 0.3) is 0 Å². The molecule has 1 aromatic carbocycles. The molecule has 4 heteroatoms. The van der Waals surface area contributed by atoms with E-state index in [1.807, 2.05) is 6.07 Å². The molecule has 0 aliphatic carbocycles. The quantitative estimate of drug-likeness (QED) is 0.785. The van der Waals surface area contributed by atoms with Crippen LogP contribution in [-0.2, 0) is 6.42 Å². The van der Waals surface area contributed by atoms with Crippen molar-refractivity contribution in [3.8, 4) is 0 Å². The zero-order valence-electron chi connectivity index (χ0n) is 10.2. The number of rotatable bonds is 3. The van der Waals surface area contributed by atoms with Crippen LogP contribution in [0.2, 0.25) is 5.02 Å². The number of aromatic nitrogens is 1. The summed E-state index contributed by atoms with van der Waals surface area (Å²) in [7, 11) is 0. The third-order valence-electron chi connectivity index (χ3n) is 3.20. The first-order valence-corrected chi connectivity index (χ1v) is 7.31. The molecule has 2 nitrogen and oxygen atoms in total. The highest BCUT2D eigenvalue weighted by Gasteiger charge is 2.13. The van der Waals surface area contributed by atoms with Gasteiger partial charge in [-0.25, -0.2) is 0 Å². The molecule has 1 unspecified atom stereocenters. The maximum absolute atomic E-state index is 6.27.